The number of hydrogen-bond acceptors (Lipinski definition) is 4. The van der Waals surface area contributed by atoms with Crippen molar-refractivity contribution in [1.29, 1.82) is 0 Å². The van der Waals surface area contributed by atoms with E-state index in [1.807, 2.05) is 31.2 Å². The van der Waals surface area contributed by atoms with Crippen LogP contribution in [0.5, 0.6) is 0 Å². The van der Waals surface area contributed by atoms with E-state index in [-0.39, 0.29) is 24.3 Å². The molecule has 2 heterocycles. The third-order valence-corrected chi connectivity index (χ3v) is 3.42. The molecule has 1 atom stereocenters. The number of benzene rings is 1. The van der Waals surface area contributed by atoms with E-state index in [2.05, 4.69) is 5.32 Å². The maximum absolute atomic E-state index is 11.9. The van der Waals surface area contributed by atoms with Gasteiger partial charge in [-0.1, -0.05) is 12.1 Å². The molecule has 1 aliphatic heterocycles. The fraction of sp³-hybridized carbons (Fsp3) is 0.250. The lowest BCUT2D eigenvalue weighted by Gasteiger charge is -2.13. The molecule has 114 valence electrons. The Hall–Kier alpha value is -2.76. The minimum atomic E-state index is -0.400. The quantitative estimate of drug-likeness (QED) is 0.940. The Kier molecular flexibility index (Phi) is 3.82. The average molecular weight is 300 g/mol. The predicted octanol–water partition coefficient (Wildman–Crippen LogP) is 2.34. The lowest BCUT2D eigenvalue weighted by atomic mass is 10.2. The van der Waals surface area contributed by atoms with Crippen LogP contribution in [0.2, 0.25) is 0 Å². The summed E-state index contributed by atoms with van der Waals surface area (Å²) in [5.41, 5.74) is 1.87. The number of furan rings is 1. The molecule has 1 fully saturated rings. The van der Waals surface area contributed by atoms with E-state index in [4.69, 9.17) is 9.15 Å². The number of cyclic esters (lactones) is 1. The number of anilines is 1. The number of aryl methyl sites for hydroxylation is 1. The Bertz CT molecular complexity index is 681. The largest absolute Gasteiger partial charge is 0.459 e. The monoisotopic (exact) mass is 300 g/mol. The highest BCUT2D eigenvalue weighted by Crippen LogP contribution is 2.22. The molecule has 0 radical (unpaired) electrons. The molecule has 0 spiro atoms. The highest BCUT2D eigenvalue weighted by Gasteiger charge is 2.32. The van der Waals surface area contributed by atoms with Crippen molar-refractivity contribution in [2.75, 3.05) is 18.0 Å². The van der Waals surface area contributed by atoms with E-state index >= 15 is 0 Å². The molecule has 3 rings (SSSR count). The number of ether oxygens (including phenoxy) is 1. The van der Waals surface area contributed by atoms with Crippen molar-refractivity contribution in [2.24, 2.45) is 0 Å². The van der Waals surface area contributed by atoms with Gasteiger partial charge in [0, 0.05) is 5.69 Å². The van der Waals surface area contributed by atoms with Crippen LogP contribution in [0.25, 0.3) is 0 Å². The number of hydrogen-bond donors (Lipinski definition) is 1. The number of carbonyl (C=O) groups excluding carboxylic acids is 2. The minimum absolute atomic E-state index is 0.236. The van der Waals surface area contributed by atoms with Crippen LogP contribution in [0.4, 0.5) is 10.5 Å². The first-order chi connectivity index (χ1) is 10.6. The lowest BCUT2D eigenvalue weighted by molar-refractivity contribution is 0.0889. The van der Waals surface area contributed by atoms with Gasteiger partial charge in [0.1, 0.15) is 6.10 Å². The third kappa shape index (κ3) is 2.95. The smallest absolute Gasteiger partial charge is 0.414 e. The summed E-state index contributed by atoms with van der Waals surface area (Å²) in [5, 5.41) is 2.69. The third-order valence-electron chi connectivity index (χ3n) is 3.42. The van der Waals surface area contributed by atoms with Gasteiger partial charge < -0.3 is 14.5 Å². The summed E-state index contributed by atoms with van der Waals surface area (Å²) in [6.45, 7) is 2.61. The van der Waals surface area contributed by atoms with Crippen molar-refractivity contribution in [1.82, 2.24) is 5.32 Å². The highest BCUT2D eigenvalue weighted by molar-refractivity contribution is 5.92. The summed E-state index contributed by atoms with van der Waals surface area (Å²) in [4.78, 5) is 25.3. The first-order valence-corrected chi connectivity index (χ1v) is 7.00. The average Bonchev–Trinajstić information content (AvgIpc) is 3.14. The molecule has 0 aliphatic carbocycles. The maximum atomic E-state index is 11.9. The Morgan fingerprint density at radius 1 is 1.36 bits per heavy atom. The van der Waals surface area contributed by atoms with Crippen molar-refractivity contribution in [3.05, 3.63) is 54.0 Å². The van der Waals surface area contributed by atoms with Crippen molar-refractivity contribution in [3.63, 3.8) is 0 Å². The van der Waals surface area contributed by atoms with Gasteiger partial charge in [-0.3, -0.25) is 9.69 Å². The van der Waals surface area contributed by atoms with Gasteiger partial charge in [0.05, 0.1) is 19.4 Å². The summed E-state index contributed by atoms with van der Waals surface area (Å²) in [6, 6.07) is 10.9. The van der Waals surface area contributed by atoms with Crippen LogP contribution in [0.1, 0.15) is 16.1 Å². The molecule has 1 saturated heterocycles. The van der Waals surface area contributed by atoms with E-state index in [9.17, 15) is 9.59 Å². The second-order valence-electron chi connectivity index (χ2n) is 5.14. The minimum Gasteiger partial charge on any atom is -0.459 e. The van der Waals surface area contributed by atoms with Crippen LogP contribution in [0.15, 0.2) is 47.1 Å². The van der Waals surface area contributed by atoms with E-state index in [0.29, 0.717) is 6.54 Å². The molecular formula is C16H16N2O4. The Morgan fingerprint density at radius 2 is 2.23 bits per heavy atom. The van der Waals surface area contributed by atoms with Crippen LogP contribution in [0, 0.1) is 6.92 Å². The number of carbonyl (C=O) groups is 2. The summed E-state index contributed by atoms with van der Waals surface area (Å²) in [6.07, 6.45) is 0.652. The summed E-state index contributed by atoms with van der Waals surface area (Å²) < 4.78 is 10.3. The molecular weight excluding hydrogens is 284 g/mol. The lowest BCUT2D eigenvalue weighted by Crippen LogP contribution is -2.34. The van der Waals surface area contributed by atoms with Crippen LogP contribution in [-0.4, -0.2) is 31.2 Å². The summed E-state index contributed by atoms with van der Waals surface area (Å²) in [7, 11) is 0. The predicted molar refractivity (Wildman–Crippen MR) is 79.8 cm³/mol. The first kappa shape index (κ1) is 14.2. The summed E-state index contributed by atoms with van der Waals surface area (Å²) in [5.74, 6) is -0.0880. The van der Waals surface area contributed by atoms with Crippen LogP contribution >= 0.6 is 0 Å². The van der Waals surface area contributed by atoms with Gasteiger partial charge in [-0.2, -0.15) is 0 Å². The molecule has 0 bridgehead atoms. The van der Waals surface area contributed by atoms with E-state index in [1.165, 1.54) is 6.26 Å². The zero-order chi connectivity index (χ0) is 15.5. The van der Waals surface area contributed by atoms with E-state index in [1.54, 1.807) is 17.0 Å². The second kappa shape index (κ2) is 5.93. The zero-order valence-corrected chi connectivity index (χ0v) is 12.1. The Balaban J connectivity index is 1.59. The fourth-order valence-corrected chi connectivity index (χ4v) is 2.34. The first-order valence-electron chi connectivity index (χ1n) is 7.00. The van der Waals surface area contributed by atoms with Crippen molar-refractivity contribution in [2.45, 2.75) is 13.0 Å². The highest BCUT2D eigenvalue weighted by atomic mass is 16.6. The molecule has 1 aromatic heterocycles. The number of nitrogens with one attached hydrogen (secondary N) is 1. The molecule has 1 aliphatic rings. The molecule has 0 saturated carbocycles. The van der Waals surface area contributed by atoms with Crippen LogP contribution in [-0.2, 0) is 4.74 Å². The van der Waals surface area contributed by atoms with Gasteiger partial charge in [0.25, 0.3) is 5.91 Å². The SMILES string of the molecule is Cc1cccc(N2CC(CNC(=O)c3ccco3)OC2=O)c1. The van der Waals surface area contributed by atoms with E-state index in [0.717, 1.165) is 11.3 Å². The Morgan fingerprint density at radius 3 is 2.95 bits per heavy atom. The maximum Gasteiger partial charge on any atom is 0.414 e. The Labute approximate surface area is 127 Å². The summed E-state index contributed by atoms with van der Waals surface area (Å²) >= 11 is 0. The van der Waals surface area contributed by atoms with Crippen LogP contribution in [0.3, 0.4) is 0 Å². The normalized spacial score (nSPS) is 17.4. The van der Waals surface area contributed by atoms with Gasteiger partial charge in [-0.05, 0) is 36.8 Å². The van der Waals surface area contributed by atoms with Gasteiger partial charge in [-0.15, -0.1) is 0 Å². The fourth-order valence-electron chi connectivity index (χ4n) is 2.34. The van der Waals surface area contributed by atoms with Gasteiger partial charge in [0.15, 0.2) is 5.76 Å². The van der Waals surface area contributed by atoms with Crippen LogP contribution < -0.4 is 10.2 Å². The van der Waals surface area contributed by atoms with Crippen molar-refractivity contribution < 1.29 is 18.7 Å². The second-order valence-corrected chi connectivity index (χ2v) is 5.14. The number of rotatable bonds is 4. The van der Waals surface area contributed by atoms with E-state index < -0.39 is 6.09 Å². The zero-order valence-electron chi connectivity index (χ0n) is 12.1. The standard InChI is InChI=1S/C16H16N2O4/c1-11-4-2-5-12(8-11)18-10-13(22-16(18)20)9-17-15(19)14-6-3-7-21-14/h2-8,13H,9-10H2,1H3,(H,17,19). The topological polar surface area (TPSA) is 71.8 Å². The molecule has 6 nitrogen and oxygen atoms in total. The molecule has 1 N–H and O–H groups in total. The molecule has 2 amide bonds. The number of nitrogens with zero attached hydrogens (tertiary/aromatic N) is 1. The molecule has 22 heavy (non-hydrogen) atoms. The van der Waals surface area contributed by atoms with Gasteiger partial charge in [0.2, 0.25) is 0 Å². The van der Waals surface area contributed by atoms with Crippen molar-refractivity contribution in [3.8, 4) is 0 Å². The molecule has 2 aromatic rings. The number of amides is 2. The molecule has 1 aromatic carbocycles. The van der Waals surface area contributed by atoms with Gasteiger partial charge in [-0.25, -0.2) is 4.79 Å². The molecule has 6 heteroatoms. The van der Waals surface area contributed by atoms with Crippen molar-refractivity contribution >= 4 is 17.7 Å². The molecule has 1 unspecified atom stereocenters. The van der Waals surface area contributed by atoms with Gasteiger partial charge >= 0.3 is 6.09 Å².